The standard InChI is InChI=1S/C14H16N2O/c1-9-4-5-10(2)12(6-9)7-14-13(8-17)11(3)15-16-14/h4-6,8H,7H2,1-3H3,(H,15,16). The van der Waals surface area contributed by atoms with Crippen molar-refractivity contribution in [2.45, 2.75) is 27.2 Å². The molecule has 0 amide bonds. The molecule has 2 aromatic rings. The maximum Gasteiger partial charge on any atom is 0.153 e. The molecule has 1 aromatic heterocycles. The summed E-state index contributed by atoms with van der Waals surface area (Å²) in [5.74, 6) is 0. The molecule has 17 heavy (non-hydrogen) atoms. The molecule has 3 nitrogen and oxygen atoms in total. The number of aryl methyl sites for hydroxylation is 3. The van der Waals surface area contributed by atoms with E-state index < -0.39 is 0 Å². The molecule has 1 aromatic carbocycles. The average molecular weight is 228 g/mol. The first kappa shape index (κ1) is 11.6. The van der Waals surface area contributed by atoms with Crippen LogP contribution in [0.5, 0.6) is 0 Å². The van der Waals surface area contributed by atoms with Crippen LogP contribution in [0.4, 0.5) is 0 Å². The molecule has 0 aliphatic heterocycles. The number of benzene rings is 1. The maximum atomic E-state index is 11.0. The third kappa shape index (κ3) is 2.28. The van der Waals surface area contributed by atoms with Gasteiger partial charge in [-0.05, 0) is 31.9 Å². The van der Waals surface area contributed by atoms with Crippen LogP contribution in [0.2, 0.25) is 0 Å². The van der Waals surface area contributed by atoms with E-state index in [1.807, 2.05) is 6.92 Å². The number of rotatable bonds is 3. The summed E-state index contributed by atoms with van der Waals surface area (Å²) >= 11 is 0. The SMILES string of the molecule is Cc1ccc(C)c(Cc2n[nH]c(C)c2C=O)c1. The molecule has 0 aliphatic rings. The molecular weight excluding hydrogens is 212 g/mol. The summed E-state index contributed by atoms with van der Waals surface area (Å²) < 4.78 is 0. The van der Waals surface area contributed by atoms with Gasteiger partial charge in [0, 0.05) is 12.1 Å². The van der Waals surface area contributed by atoms with Gasteiger partial charge in [0.25, 0.3) is 0 Å². The topological polar surface area (TPSA) is 45.8 Å². The smallest absolute Gasteiger partial charge is 0.153 e. The molecule has 0 unspecified atom stereocenters. The van der Waals surface area contributed by atoms with Crippen molar-refractivity contribution in [2.75, 3.05) is 0 Å². The summed E-state index contributed by atoms with van der Waals surface area (Å²) in [6.45, 7) is 6.01. The van der Waals surface area contributed by atoms with Gasteiger partial charge in [0.05, 0.1) is 11.3 Å². The van der Waals surface area contributed by atoms with Crippen molar-refractivity contribution >= 4 is 6.29 Å². The number of hydrogen-bond acceptors (Lipinski definition) is 2. The predicted molar refractivity (Wildman–Crippen MR) is 67.4 cm³/mol. The highest BCUT2D eigenvalue weighted by atomic mass is 16.1. The van der Waals surface area contributed by atoms with E-state index in [1.165, 1.54) is 16.7 Å². The zero-order chi connectivity index (χ0) is 12.4. The van der Waals surface area contributed by atoms with Gasteiger partial charge in [0.1, 0.15) is 0 Å². The number of H-pyrrole nitrogens is 1. The lowest BCUT2D eigenvalue weighted by atomic mass is 9.99. The molecule has 0 spiro atoms. The highest BCUT2D eigenvalue weighted by Gasteiger charge is 2.11. The number of aromatic nitrogens is 2. The number of nitrogens with zero attached hydrogens (tertiary/aromatic N) is 1. The number of aldehydes is 1. The van der Waals surface area contributed by atoms with E-state index >= 15 is 0 Å². The highest BCUT2D eigenvalue weighted by molar-refractivity contribution is 5.78. The molecular formula is C14H16N2O. The van der Waals surface area contributed by atoms with E-state index in [9.17, 15) is 4.79 Å². The quantitative estimate of drug-likeness (QED) is 0.821. The Kier molecular flexibility index (Phi) is 3.09. The Morgan fingerprint density at radius 1 is 1.29 bits per heavy atom. The lowest BCUT2D eigenvalue weighted by molar-refractivity contribution is 0.112. The monoisotopic (exact) mass is 228 g/mol. The van der Waals surface area contributed by atoms with Gasteiger partial charge in [0.2, 0.25) is 0 Å². The fourth-order valence-corrected chi connectivity index (χ4v) is 1.95. The van der Waals surface area contributed by atoms with Gasteiger partial charge in [-0.25, -0.2) is 0 Å². The minimum Gasteiger partial charge on any atom is -0.298 e. The van der Waals surface area contributed by atoms with Crippen LogP contribution in [0.15, 0.2) is 18.2 Å². The third-order valence-corrected chi connectivity index (χ3v) is 3.05. The van der Waals surface area contributed by atoms with Crippen molar-refractivity contribution in [1.29, 1.82) is 0 Å². The summed E-state index contributed by atoms with van der Waals surface area (Å²) in [5.41, 5.74) is 6.02. The Balaban J connectivity index is 2.37. The number of nitrogens with one attached hydrogen (secondary N) is 1. The first-order valence-corrected chi connectivity index (χ1v) is 5.67. The Morgan fingerprint density at radius 2 is 2.06 bits per heavy atom. The largest absolute Gasteiger partial charge is 0.298 e. The van der Waals surface area contributed by atoms with Crippen molar-refractivity contribution in [1.82, 2.24) is 10.2 Å². The molecule has 0 fully saturated rings. The second-order valence-electron chi connectivity index (χ2n) is 4.43. The Bertz CT molecular complexity index is 555. The zero-order valence-electron chi connectivity index (χ0n) is 10.4. The van der Waals surface area contributed by atoms with E-state index in [2.05, 4.69) is 42.2 Å². The number of carbonyl (C=O) groups excluding carboxylic acids is 1. The minimum atomic E-state index is 0.686. The van der Waals surface area contributed by atoms with E-state index in [1.54, 1.807) is 0 Å². The van der Waals surface area contributed by atoms with Crippen LogP contribution in [0, 0.1) is 20.8 Å². The molecule has 0 atom stereocenters. The zero-order valence-corrected chi connectivity index (χ0v) is 10.4. The lowest BCUT2D eigenvalue weighted by Crippen LogP contribution is -1.96. The van der Waals surface area contributed by atoms with Crippen molar-refractivity contribution in [2.24, 2.45) is 0 Å². The van der Waals surface area contributed by atoms with Gasteiger partial charge in [-0.2, -0.15) is 5.10 Å². The Hall–Kier alpha value is -1.90. The normalized spacial score (nSPS) is 10.5. The van der Waals surface area contributed by atoms with Gasteiger partial charge in [-0.1, -0.05) is 23.8 Å². The van der Waals surface area contributed by atoms with Gasteiger partial charge in [-0.3, -0.25) is 9.89 Å². The molecule has 2 rings (SSSR count). The van der Waals surface area contributed by atoms with Gasteiger partial charge in [-0.15, -0.1) is 0 Å². The van der Waals surface area contributed by atoms with Gasteiger partial charge < -0.3 is 0 Å². The number of aromatic amines is 1. The van der Waals surface area contributed by atoms with Crippen molar-refractivity contribution in [3.05, 3.63) is 51.8 Å². The predicted octanol–water partition coefficient (Wildman–Crippen LogP) is 2.74. The summed E-state index contributed by atoms with van der Waals surface area (Å²) in [4.78, 5) is 11.0. The van der Waals surface area contributed by atoms with E-state index in [4.69, 9.17) is 0 Å². The maximum absolute atomic E-state index is 11.0. The molecule has 0 saturated heterocycles. The summed E-state index contributed by atoms with van der Waals surface area (Å²) in [6, 6.07) is 6.34. The average Bonchev–Trinajstić information content (AvgIpc) is 2.64. The third-order valence-electron chi connectivity index (χ3n) is 3.05. The van der Waals surface area contributed by atoms with Crippen LogP contribution >= 0.6 is 0 Å². The minimum absolute atomic E-state index is 0.686. The molecule has 0 bridgehead atoms. The summed E-state index contributed by atoms with van der Waals surface area (Å²) in [7, 11) is 0. The molecule has 3 heteroatoms. The van der Waals surface area contributed by atoms with Crippen LogP contribution < -0.4 is 0 Å². The summed E-state index contributed by atoms with van der Waals surface area (Å²) in [5, 5.41) is 7.06. The van der Waals surface area contributed by atoms with Crippen LogP contribution in [0.3, 0.4) is 0 Å². The van der Waals surface area contributed by atoms with E-state index in [0.29, 0.717) is 12.0 Å². The van der Waals surface area contributed by atoms with Crippen molar-refractivity contribution < 1.29 is 4.79 Å². The van der Waals surface area contributed by atoms with E-state index in [-0.39, 0.29) is 0 Å². The number of carbonyl (C=O) groups is 1. The summed E-state index contributed by atoms with van der Waals surface area (Å²) in [6.07, 6.45) is 1.57. The Morgan fingerprint density at radius 3 is 2.76 bits per heavy atom. The molecule has 0 saturated carbocycles. The first-order valence-electron chi connectivity index (χ1n) is 5.67. The second kappa shape index (κ2) is 4.53. The van der Waals surface area contributed by atoms with E-state index in [0.717, 1.165) is 17.7 Å². The van der Waals surface area contributed by atoms with Crippen LogP contribution in [-0.4, -0.2) is 16.5 Å². The van der Waals surface area contributed by atoms with Gasteiger partial charge >= 0.3 is 0 Å². The Labute approximate surface area is 101 Å². The number of hydrogen-bond donors (Lipinski definition) is 1. The second-order valence-corrected chi connectivity index (χ2v) is 4.43. The highest BCUT2D eigenvalue weighted by Crippen LogP contribution is 2.17. The lowest BCUT2D eigenvalue weighted by Gasteiger charge is -2.05. The molecule has 0 aliphatic carbocycles. The van der Waals surface area contributed by atoms with Crippen LogP contribution in [0.25, 0.3) is 0 Å². The van der Waals surface area contributed by atoms with Crippen molar-refractivity contribution in [3.8, 4) is 0 Å². The molecule has 1 heterocycles. The molecule has 1 N–H and O–H groups in total. The van der Waals surface area contributed by atoms with Crippen molar-refractivity contribution in [3.63, 3.8) is 0 Å². The van der Waals surface area contributed by atoms with Crippen LogP contribution in [0.1, 0.15) is 38.4 Å². The molecule has 0 radical (unpaired) electrons. The van der Waals surface area contributed by atoms with Crippen LogP contribution in [-0.2, 0) is 6.42 Å². The first-order chi connectivity index (χ1) is 8.11. The van der Waals surface area contributed by atoms with Gasteiger partial charge in [0.15, 0.2) is 6.29 Å². The fraction of sp³-hybridized carbons (Fsp3) is 0.286. The fourth-order valence-electron chi connectivity index (χ4n) is 1.95. The molecule has 88 valence electrons.